The maximum atomic E-state index is 6.18. The van der Waals surface area contributed by atoms with Crippen molar-refractivity contribution >= 4 is 0 Å². The minimum absolute atomic E-state index is 0.345. The third-order valence-corrected chi connectivity index (χ3v) is 6.52. The van der Waals surface area contributed by atoms with Crippen LogP contribution in [0, 0.1) is 11.8 Å². The zero-order chi connectivity index (χ0) is 22.5. The molecule has 2 unspecified atom stereocenters. The van der Waals surface area contributed by atoms with E-state index in [9.17, 15) is 0 Å². The van der Waals surface area contributed by atoms with Gasteiger partial charge in [-0.3, -0.25) is 0 Å². The first kappa shape index (κ1) is 25.8. The number of rotatable bonds is 8. The molecule has 0 aliphatic heterocycles. The van der Waals surface area contributed by atoms with Gasteiger partial charge in [0.1, 0.15) is 11.2 Å². The molecule has 0 aromatic heterocycles. The number of hydrogen-bond donors (Lipinski definition) is 0. The SMILES string of the molecule is CC(C)(C)OOC(C)(C=CC(C)(OOC(C)(C)C)C1CCCCC1)C1CCCCC1. The van der Waals surface area contributed by atoms with Crippen molar-refractivity contribution in [1.82, 2.24) is 0 Å². The molecule has 0 N–H and O–H groups in total. The van der Waals surface area contributed by atoms with E-state index < -0.39 is 11.2 Å². The maximum absolute atomic E-state index is 6.18. The van der Waals surface area contributed by atoms with Crippen LogP contribution in [0.25, 0.3) is 0 Å². The Morgan fingerprint density at radius 3 is 1.03 bits per heavy atom. The molecule has 4 heteroatoms. The van der Waals surface area contributed by atoms with Crippen molar-refractivity contribution in [2.24, 2.45) is 11.8 Å². The topological polar surface area (TPSA) is 36.9 Å². The van der Waals surface area contributed by atoms with Crippen LogP contribution in [-0.4, -0.2) is 22.4 Å². The van der Waals surface area contributed by atoms with Crippen LogP contribution in [0.5, 0.6) is 0 Å². The van der Waals surface area contributed by atoms with Crippen molar-refractivity contribution in [3.8, 4) is 0 Å². The van der Waals surface area contributed by atoms with Gasteiger partial charge in [-0.05, 0) is 92.9 Å². The molecular formula is C26H48O4. The molecule has 2 saturated carbocycles. The third-order valence-electron chi connectivity index (χ3n) is 6.52. The fraction of sp³-hybridized carbons (Fsp3) is 0.923. The van der Waals surface area contributed by atoms with Gasteiger partial charge in [-0.25, -0.2) is 19.6 Å². The molecule has 0 radical (unpaired) electrons. The van der Waals surface area contributed by atoms with Crippen molar-refractivity contribution in [2.45, 2.75) is 142 Å². The lowest BCUT2D eigenvalue weighted by atomic mass is 9.74. The predicted octanol–water partition coefficient (Wildman–Crippen LogP) is 7.71. The molecule has 0 heterocycles. The van der Waals surface area contributed by atoms with Crippen LogP contribution in [0.3, 0.4) is 0 Å². The van der Waals surface area contributed by atoms with E-state index in [0.717, 1.165) is 0 Å². The molecule has 0 aromatic rings. The van der Waals surface area contributed by atoms with E-state index in [2.05, 4.69) is 26.0 Å². The second-order valence-electron chi connectivity index (χ2n) is 11.9. The first-order valence-electron chi connectivity index (χ1n) is 12.3. The van der Waals surface area contributed by atoms with Gasteiger partial charge >= 0.3 is 0 Å². The molecule has 0 aromatic carbocycles. The molecule has 2 aliphatic carbocycles. The Hall–Kier alpha value is -0.420. The summed E-state index contributed by atoms with van der Waals surface area (Å²) in [5.74, 6) is 0.896. The highest BCUT2D eigenvalue weighted by molar-refractivity contribution is 5.12. The highest BCUT2D eigenvalue weighted by atomic mass is 17.2. The number of hydrogen-bond acceptors (Lipinski definition) is 4. The quantitative estimate of drug-likeness (QED) is 0.227. The third kappa shape index (κ3) is 8.26. The first-order valence-corrected chi connectivity index (χ1v) is 12.3. The fourth-order valence-electron chi connectivity index (χ4n) is 4.58. The van der Waals surface area contributed by atoms with E-state index in [4.69, 9.17) is 19.6 Å². The van der Waals surface area contributed by atoms with E-state index in [-0.39, 0.29) is 11.2 Å². The second-order valence-corrected chi connectivity index (χ2v) is 11.9. The minimum Gasteiger partial charge on any atom is -0.230 e. The molecule has 0 spiro atoms. The Kier molecular flexibility index (Phi) is 9.01. The van der Waals surface area contributed by atoms with Crippen LogP contribution in [0.1, 0.15) is 120 Å². The minimum atomic E-state index is -0.477. The maximum Gasteiger partial charge on any atom is 0.122 e. The zero-order valence-corrected chi connectivity index (χ0v) is 21.0. The molecular weight excluding hydrogens is 376 g/mol. The summed E-state index contributed by atoms with van der Waals surface area (Å²) in [4.78, 5) is 24.1. The van der Waals surface area contributed by atoms with Gasteiger partial charge < -0.3 is 0 Å². The molecule has 2 atom stereocenters. The smallest absolute Gasteiger partial charge is 0.122 e. The Morgan fingerprint density at radius 1 is 0.467 bits per heavy atom. The van der Waals surface area contributed by atoms with E-state index in [1.807, 2.05) is 41.5 Å². The summed E-state index contributed by atoms with van der Waals surface area (Å²) >= 11 is 0. The van der Waals surface area contributed by atoms with Gasteiger partial charge in [0.25, 0.3) is 0 Å². The van der Waals surface area contributed by atoms with Crippen LogP contribution < -0.4 is 0 Å². The van der Waals surface area contributed by atoms with Crippen LogP contribution in [0.15, 0.2) is 12.2 Å². The van der Waals surface area contributed by atoms with E-state index in [1.165, 1.54) is 64.2 Å². The summed E-state index contributed by atoms with van der Waals surface area (Å²) in [5.41, 5.74) is -1.64. The highest BCUT2D eigenvalue weighted by Crippen LogP contribution is 2.41. The van der Waals surface area contributed by atoms with Gasteiger partial charge in [-0.15, -0.1) is 0 Å². The van der Waals surface area contributed by atoms with Crippen LogP contribution >= 0.6 is 0 Å². The Balaban J connectivity index is 2.26. The fourth-order valence-corrected chi connectivity index (χ4v) is 4.58. The zero-order valence-electron chi connectivity index (χ0n) is 21.0. The molecule has 176 valence electrons. The monoisotopic (exact) mass is 424 g/mol. The van der Waals surface area contributed by atoms with Crippen LogP contribution in [0.4, 0.5) is 0 Å². The standard InChI is InChI=1S/C26H48O4/c1-23(2,3)27-29-25(7,21-15-11-9-12-16-21)19-20-26(8,30-28-24(4,5)6)22-17-13-10-14-18-22/h19-22H,9-18H2,1-8H3. The average molecular weight is 425 g/mol. The van der Waals surface area contributed by atoms with E-state index in [1.54, 1.807) is 0 Å². The van der Waals surface area contributed by atoms with Gasteiger partial charge in [0.05, 0.1) is 11.2 Å². The van der Waals surface area contributed by atoms with Crippen molar-refractivity contribution in [3.05, 3.63) is 12.2 Å². The van der Waals surface area contributed by atoms with Crippen LogP contribution in [0.2, 0.25) is 0 Å². The average Bonchev–Trinajstić information content (AvgIpc) is 2.70. The van der Waals surface area contributed by atoms with Crippen molar-refractivity contribution in [1.29, 1.82) is 0 Å². The molecule has 2 fully saturated rings. The lowest BCUT2D eigenvalue weighted by Crippen LogP contribution is -2.43. The largest absolute Gasteiger partial charge is 0.230 e. The van der Waals surface area contributed by atoms with Crippen molar-refractivity contribution < 1.29 is 19.6 Å². The highest BCUT2D eigenvalue weighted by Gasteiger charge is 2.40. The van der Waals surface area contributed by atoms with Gasteiger partial charge in [0.2, 0.25) is 0 Å². The predicted molar refractivity (Wildman–Crippen MR) is 123 cm³/mol. The molecule has 0 saturated heterocycles. The summed E-state index contributed by atoms with van der Waals surface area (Å²) < 4.78 is 0. The normalized spacial score (nSPS) is 24.7. The van der Waals surface area contributed by atoms with E-state index in [0.29, 0.717) is 11.8 Å². The van der Waals surface area contributed by atoms with Gasteiger partial charge in [-0.1, -0.05) is 50.7 Å². The summed E-state index contributed by atoms with van der Waals surface area (Å²) in [5, 5.41) is 0. The lowest BCUT2D eigenvalue weighted by Gasteiger charge is -2.41. The molecule has 4 nitrogen and oxygen atoms in total. The Morgan fingerprint density at radius 2 is 0.767 bits per heavy atom. The molecule has 2 rings (SSSR count). The Bertz CT molecular complexity index is 484. The summed E-state index contributed by atoms with van der Waals surface area (Å²) in [7, 11) is 0. The van der Waals surface area contributed by atoms with Crippen LogP contribution in [-0.2, 0) is 19.6 Å². The Labute approximate surface area is 185 Å². The van der Waals surface area contributed by atoms with E-state index >= 15 is 0 Å². The summed E-state index contributed by atoms with van der Waals surface area (Å²) in [6.07, 6.45) is 16.8. The van der Waals surface area contributed by atoms with Gasteiger partial charge in [-0.2, -0.15) is 0 Å². The molecule has 30 heavy (non-hydrogen) atoms. The molecule has 0 amide bonds. The van der Waals surface area contributed by atoms with Crippen molar-refractivity contribution in [2.75, 3.05) is 0 Å². The molecule has 2 aliphatic rings. The molecule has 0 bridgehead atoms. The van der Waals surface area contributed by atoms with Crippen molar-refractivity contribution in [3.63, 3.8) is 0 Å². The summed E-state index contributed by atoms with van der Waals surface area (Å²) in [6, 6.07) is 0. The summed E-state index contributed by atoms with van der Waals surface area (Å²) in [6.45, 7) is 16.5. The first-order chi connectivity index (χ1) is 13.8. The lowest BCUT2D eigenvalue weighted by molar-refractivity contribution is -0.404. The van der Waals surface area contributed by atoms with Gasteiger partial charge in [0, 0.05) is 0 Å². The van der Waals surface area contributed by atoms with Gasteiger partial charge in [0.15, 0.2) is 0 Å². The second kappa shape index (κ2) is 10.5.